The highest BCUT2D eigenvalue weighted by Crippen LogP contribution is 2.45. The van der Waals surface area contributed by atoms with Crippen molar-refractivity contribution in [1.29, 1.82) is 0 Å². The minimum Gasteiger partial charge on any atom is -0.0654 e. The van der Waals surface area contributed by atoms with Gasteiger partial charge in [-0.3, -0.25) is 0 Å². The molecule has 150 valence electrons. The van der Waals surface area contributed by atoms with E-state index in [0.717, 1.165) is 23.7 Å². The second-order valence-corrected chi connectivity index (χ2v) is 9.19. The van der Waals surface area contributed by atoms with Crippen molar-refractivity contribution in [2.24, 2.45) is 23.7 Å². The van der Waals surface area contributed by atoms with Crippen LogP contribution >= 0.6 is 0 Å². The average Bonchev–Trinajstić information content (AvgIpc) is 2.62. The fourth-order valence-electron chi connectivity index (χ4n) is 5.42. The normalized spacial score (nSPS) is 26.9. The maximum atomic E-state index is 2.57. The molecule has 0 nitrogen and oxygen atoms in total. The number of unbranched alkanes of at least 4 members (excludes halogenated alkanes) is 9. The molecule has 1 aliphatic rings. The van der Waals surface area contributed by atoms with Crippen molar-refractivity contribution in [3.8, 4) is 0 Å². The molecule has 1 aliphatic carbocycles. The number of rotatable bonds is 15. The zero-order valence-corrected chi connectivity index (χ0v) is 18.3. The minimum absolute atomic E-state index is 0.989. The van der Waals surface area contributed by atoms with Crippen molar-refractivity contribution in [2.45, 2.75) is 137 Å². The van der Waals surface area contributed by atoms with Crippen LogP contribution in [0.5, 0.6) is 0 Å². The summed E-state index contributed by atoms with van der Waals surface area (Å²) < 4.78 is 0. The molecule has 0 aromatic heterocycles. The Morgan fingerprint density at radius 3 is 1.72 bits per heavy atom. The first-order valence-electron chi connectivity index (χ1n) is 12.2. The largest absolute Gasteiger partial charge is 0.0654 e. The third-order valence-electron chi connectivity index (χ3n) is 7.09. The van der Waals surface area contributed by atoms with Crippen LogP contribution in [-0.2, 0) is 0 Å². The fourth-order valence-corrected chi connectivity index (χ4v) is 5.42. The van der Waals surface area contributed by atoms with Gasteiger partial charge in [0.05, 0.1) is 0 Å². The molecule has 1 saturated carbocycles. The van der Waals surface area contributed by atoms with Gasteiger partial charge in [-0.25, -0.2) is 0 Å². The molecule has 1 fully saturated rings. The predicted molar refractivity (Wildman–Crippen MR) is 115 cm³/mol. The van der Waals surface area contributed by atoms with Gasteiger partial charge in [0.15, 0.2) is 0 Å². The Hall–Kier alpha value is 0. The zero-order valence-electron chi connectivity index (χ0n) is 18.3. The van der Waals surface area contributed by atoms with Crippen LogP contribution < -0.4 is 0 Å². The van der Waals surface area contributed by atoms with E-state index >= 15 is 0 Å². The molecular weight excluding hydrogens is 300 g/mol. The maximum absolute atomic E-state index is 2.57. The van der Waals surface area contributed by atoms with Gasteiger partial charge in [0.1, 0.15) is 0 Å². The van der Waals surface area contributed by atoms with Gasteiger partial charge in [0.2, 0.25) is 0 Å². The van der Waals surface area contributed by atoms with Crippen LogP contribution in [0, 0.1) is 23.7 Å². The lowest BCUT2D eigenvalue weighted by molar-refractivity contribution is 0.0728. The van der Waals surface area contributed by atoms with Gasteiger partial charge in [-0.1, -0.05) is 118 Å². The molecular formula is C25H50. The summed E-state index contributed by atoms with van der Waals surface area (Å²) in [7, 11) is 0. The van der Waals surface area contributed by atoms with Gasteiger partial charge in [0.25, 0.3) is 0 Å². The van der Waals surface area contributed by atoms with Gasteiger partial charge < -0.3 is 0 Å². The van der Waals surface area contributed by atoms with Crippen molar-refractivity contribution in [3.63, 3.8) is 0 Å². The van der Waals surface area contributed by atoms with Crippen molar-refractivity contribution in [1.82, 2.24) is 0 Å². The average molecular weight is 351 g/mol. The van der Waals surface area contributed by atoms with Crippen LogP contribution in [0.3, 0.4) is 0 Å². The Balaban J connectivity index is 2.48. The first kappa shape index (κ1) is 23.0. The minimum atomic E-state index is 0.989. The van der Waals surface area contributed by atoms with Crippen LogP contribution in [-0.4, -0.2) is 0 Å². The Bertz CT molecular complexity index is 282. The van der Waals surface area contributed by atoms with E-state index in [1.54, 1.807) is 12.8 Å². The highest BCUT2D eigenvalue weighted by molar-refractivity contribution is 4.86. The highest BCUT2D eigenvalue weighted by Gasteiger charge is 2.35. The smallest absolute Gasteiger partial charge is 0.0355 e. The van der Waals surface area contributed by atoms with Crippen molar-refractivity contribution >= 4 is 0 Å². The van der Waals surface area contributed by atoms with E-state index in [0.29, 0.717) is 0 Å². The summed E-state index contributed by atoms with van der Waals surface area (Å²) >= 11 is 0. The van der Waals surface area contributed by atoms with E-state index in [4.69, 9.17) is 0 Å². The topological polar surface area (TPSA) is 0 Å². The van der Waals surface area contributed by atoms with Gasteiger partial charge in [-0.05, 0) is 42.9 Å². The Morgan fingerprint density at radius 1 is 0.520 bits per heavy atom. The summed E-state index contributed by atoms with van der Waals surface area (Å²) in [5.41, 5.74) is 0. The quantitative estimate of drug-likeness (QED) is 0.258. The van der Waals surface area contributed by atoms with E-state index in [-0.39, 0.29) is 0 Å². The molecule has 0 heteroatoms. The monoisotopic (exact) mass is 350 g/mol. The second-order valence-electron chi connectivity index (χ2n) is 9.19. The van der Waals surface area contributed by atoms with Crippen molar-refractivity contribution in [3.05, 3.63) is 0 Å². The lowest BCUT2D eigenvalue weighted by Gasteiger charge is -2.43. The lowest BCUT2D eigenvalue weighted by Crippen LogP contribution is -2.34. The van der Waals surface area contributed by atoms with E-state index in [1.807, 2.05) is 0 Å². The Labute approximate surface area is 160 Å². The summed E-state index contributed by atoms with van der Waals surface area (Å²) in [6, 6.07) is 0. The molecule has 0 saturated heterocycles. The van der Waals surface area contributed by atoms with Crippen molar-refractivity contribution < 1.29 is 0 Å². The van der Waals surface area contributed by atoms with Gasteiger partial charge in [-0.15, -0.1) is 0 Å². The third kappa shape index (κ3) is 9.48. The standard InChI is InChI=1S/C25H50/c1-5-8-11-13-14-15-17-23-21-20-22(4)24(18-10-7-3)25(23)19-16-12-9-6-2/h22-25H,5-21H2,1-4H3. The van der Waals surface area contributed by atoms with Gasteiger partial charge in [-0.2, -0.15) is 0 Å². The van der Waals surface area contributed by atoms with Crippen LogP contribution in [0.4, 0.5) is 0 Å². The molecule has 0 aromatic carbocycles. The molecule has 0 radical (unpaired) electrons. The summed E-state index contributed by atoms with van der Waals surface area (Å²) in [6.45, 7) is 9.61. The maximum Gasteiger partial charge on any atom is -0.0355 e. The molecule has 4 atom stereocenters. The van der Waals surface area contributed by atoms with Crippen molar-refractivity contribution in [2.75, 3.05) is 0 Å². The Morgan fingerprint density at radius 2 is 1.04 bits per heavy atom. The van der Waals surface area contributed by atoms with E-state index in [9.17, 15) is 0 Å². The first-order chi connectivity index (χ1) is 12.2. The summed E-state index contributed by atoms with van der Waals surface area (Å²) in [5, 5.41) is 0. The molecule has 0 aliphatic heterocycles. The molecule has 0 N–H and O–H groups in total. The SMILES string of the molecule is CCCCCCCCC1CCC(C)C(CCCC)C1CCCCCC. The van der Waals surface area contributed by atoms with Crippen LogP contribution in [0.25, 0.3) is 0 Å². The van der Waals surface area contributed by atoms with Crippen LogP contribution in [0.15, 0.2) is 0 Å². The second kappa shape index (κ2) is 15.1. The molecule has 1 rings (SSSR count). The number of hydrogen-bond donors (Lipinski definition) is 0. The lowest BCUT2D eigenvalue weighted by atomic mass is 9.63. The predicted octanol–water partition coefficient (Wildman–Crippen LogP) is 9.18. The molecule has 0 bridgehead atoms. The van der Waals surface area contributed by atoms with E-state index < -0.39 is 0 Å². The van der Waals surface area contributed by atoms with Gasteiger partial charge >= 0.3 is 0 Å². The summed E-state index contributed by atoms with van der Waals surface area (Å²) in [4.78, 5) is 0. The molecule has 4 unspecified atom stereocenters. The number of hydrogen-bond acceptors (Lipinski definition) is 0. The molecule has 0 heterocycles. The summed E-state index contributed by atoms with van der Waals surface area (Å²) in [5.74, 6) is 4.15. The van der Waals surface area contributed by atoms with Crippen LogP contribution in [0.2, 0.25) is 0 Å². The zero-order chi connectivity index (χ0) is 18.3. The summed E-state index contributed by atoms with van der Waals surface area (Å²) in [6.07, 6.45) is 25.1. The van der Waals surface area contributed by atoms with E-state index in [1.165, 1.54) is 96.3 Å². The first-order valence-corrected chi connectivity index (χ1v) is 12.2. The molecule has 25 heavy (non-hydrogen) atoms. The third-order valence-corrected chi connectivity index (χ3v) is 7.09. The van der Waals surface area contributed by atoms with E-state index in [2.05, 4.69) is 27.7 Å². The van der Waals surface area contributed by atoms with Gasteiger partial charge in [0, 0.05) is 0 Å². The fraction of sp³-hybridized carbons (Fsp3) is 1.00. The molecule has 0 spiro atoms. The highest BCUT2D eigenvalue weighted by atomic mass is 14.4. The molecule has 0 amide bonds. The Kier molecular flexibility index (Phi) is 13.9. The van der Waals surface area contributed by atoms with Crippen LogP contribution in [0.1, 0.15) is 137 Å². The molecule has 0 aromatic rings.